The Morgan fingerprint density at radius 2 is 2.26 bits per heavy atom. The molecule has 0 spiro atoms. The van der Waals surface area contributed by atoms with Gasteiger partial charge in [0.25, 0.3) is 5.91 Å². The summed E-state index contributed by atoms with van der Waals surface area (Å²) in [6.07, 6.45) is 2.10. The lowest BCUT2D eigenvalue weighted by Gasteiger charge is -2.27. The van der Waals surface area contributed by atoms with E-state index >= 15 is 0 Å². The van der Waals surface area contributed by atoms with Gasteiger partial charge < -0.3 is 10.2 Å². The Morgan fingerprint density at radius 3 is 2.74 bits per heavy atom. The first-order valence-corrected chi connectivity index (χ1v) is 7.53. The molecule has 1 atom stereocenters. The fraction of sp³-hybridized carbons (Fsp3) is 0.643. The number of carbonyl (C=O) groups is 1. The molecule has 5 heteroatoms. The molecule has 1 aromatic heterocycles. The second-order valence-electron chi connectivity index (χ2n) is 5.00. The fourth-order valence-electron chi connectivity index (χ4n) is 2.42. The Morgan fingerprint density at radius 1 is 1.53 bits per heavy atom. The second-order valence-corrected chi connectivity index (χ2v) is 6.25. The van der Waals surface area contributed by atoms with E-state index in [1.807, 2.05) is 6.07 Å². The van der Waals surface area contributed by atoms with Gasteiger partial charge in [0.1, 0.15) is 0 Å². The van der Waals surface area contributed by atoms with Crippen LogP contribution in [0.3, 0.4) is 0 Å². The fourth-order valence-corrected chi connectivity index (χ4v) is 3.41. The number of thiophene rings is 1. The first-order valence-electron chi connectivity index (χ1n) is 6.72. The topological polar surface area (TPSA) is 32.3 Å². The third-order valence-electron chi connectivity index (χ3n) is 3.58. The molecule has 1 saturated heterocycles. The zero-order chi connectivity index (χ0) is 13.1. The maximum atomic E-state index is 12.6. The van der Waals surface area contributed by atoms with E-state index in [-0.39, 0.29) is 18.3 Å². The van der Waals surface area contributed by atoms with Crippen LogP contribution in [0.4, 0.5) is 0 Å². The van der Waals surface area contributed by atoms with Gasteiger partial charge in [0.2, 0.25) is 0 Å². The zero-order valence-electron chi connectivity index (χ0n) is 11.9. The van der Waals surface area contributed by atoms with Crippen LogP contribution in [-0.2, 0) is 0 Å². The van der Waals surface area contributed by atoms with Crippen molar-refractivity contribution in [2.45, 2.75) is 39.7 Å². The lowest BCUT2D eigenvalue weighted by atomic mass is 10.2. The highest BCUT2D eigenvalue weighted by Gasteiger charge is 2.27. The van der Waals surface area contributed by atoms with E-state index in [1.54, 1.807) is 11.3 Å². The molecular formula is C14H23ClN2OS. The molecule has 1 fully saturated rings. The number of carbonyl (C=O) groups excluding carboxylic acids is 1. The summed E-state index contributed by atoms with van der Waals surface area (Å²) in [4.78, 5) is 16.8. The third kappa shape index (κ3) is 3.71. The summed E-state index contributed by atoms with van der Waals surface area (Å²) < 4.78 is 0. The van der Waals surface area contributed by atoms with E-state index in [9.17, 15) is 4.79 Å². The molecule has 2 heterocycles. The van der Waals surface area contributed by atoms with Gasteiger partial charge in [0.15, 0.2) is 0 Å². The summed E-state index contributed by atoms with van der Waals surface area (Å²) >= 11 is 1.62. The van der Waals surface area contributed by atoms with Gasteiger partial charge in [-0.25, -0.2) is 0 Å². The summed E-state index contributed by atoms with van der Waals surface area (Å²) in [6, 6.07) is 2.41. The molecule has 0 saturated carbocycles. The number of nitrogens with zero attached hydrogens (tertiary/aromatic N) is 1. The van der Waals surface area contributed by atoms with Crippen LogP contribution < -0.4 is 5.32 Å². The average Bonchev–Trinajstić information content (AvgIpc) is 2.97. The Hall–Kier alpha value is -0.580. The predicted octanol–water partition coefficient (Wildman–Crippen LogP) is 3.00. The molecule has 1 aromatic rings. The van der Waals surface area contributed by atoms with Crippen molar-refractivity contribution < 1.29 is 4.79 Å². The molecule has 3 nitrogen and oxygen atoms in total. The van der Waals surface area contributed by atoms with Crippen LogP contribution in [0.5, 0.6) is 0 Å². The molecule has 0 bridgehead atoms. The van der Waals surface area contributed by atoms with Crippen LogP contribution in [0.15, 0.2) is 6.07 Å². The second kappa shape index (κ2) is 7.27. The highest BCUT2D eigenvalue weighted by molar-refractivity contribution is 7.14. The van der Waals surface area contributed by atoms with E-state index in [0.717, 1.165) is 37.4 Å². The van der Waals surface area contributed by atoms with E-state index < -0.39 is 0 Å². The first kappa shape index (κ1) is 16.5. The zero-order valence-corrected chi connectivity index (χ0v) is 13.5. The molecule has 1 aliphatic heterocycles. The smallest absolute Gasteiger partial charge is 0.264 e. The quantitative estimate of drug-likeness (QED) is 0.927. The van der Waals surface area contributed by atoms with Crippen LogP contribution in [0.2, 0.25) is 0 Å². The Kier molecular flexibility index (Phi) is 6.30. The van der Waals surface area contributed by atoms with Gasteiger partial charge in [0.05, 0.1) is 4.88 Å². The number of hydrogen-bond donors (Lipinski definition) is 1. The number of amides is 1. The van der Waals surface area contributed by atoms with Gasteiger partial charge >= 0.3 is 0 Å². The van der Waals surface area contributed by atoms with Crippen molar-refractivity contribution in [3.63, 3.8) is 0 Å². The van der Waals surface area contributed by atoms with Crippen molar-refractivity contribution in [3.8, 4) is 0 Å². The van der Waals surface area contributed by atoms with Crippen molar-refractivity contribution in [2.24, 2.45) is 0 Å². The molecule has 1 unspecified atom stereocenters. The van der Waals surface area contributed by atoms with Crippen molar-refractivity contribution >= 4 is 29.7 Å². The van der Waals surface area contributed by atoms with Crippen LogP contribution in [0.1, 0.15) is 39.9 Å². The predicted molar refractivity (Wildman–Crippen MR) is 83.6 cm³/mol. The van der Waals surface area contributed by atoms with E-state index in [2.05, 4.69) is 31.0 Å². The molecule has 2 rings (SSSR count). The van der Waals surface area contributed by atoms with Gasteiger partial charge in [-0.05, 0) is 44.9 Å². The Bertz CT molecular complexity index is 408. The minimum Gasteiger partial charge on any atom is -0.334 e. The highest BCUT2D eigenvalue weighted by Crippen LogP contribution is 2.23. The Balaban J connectivity index is 0.00000180. The highest BCUT2D eigenvalue weighted by atomic mass is 35.5. The van der Waals surface area contributed by atoms with E-state index in [1.165, 1.54) is 10.4 Å². The van der Waals surface area contributed by atoms with Crippen molar-refractivity contribution in [1.29, 1.82) is 0 Å². The molecule has 0 radical (unpaired) electrons. The molecule has 1 aliphatic rings. The molecule has 1 amide bonds. The van der Waals surface area contributed by atoms with Gasteiger partial charge in [-0.1, -0.05) is 6.92 Å². The molecule has 108 valence electrons. The summed E-state index contributed by atoms with van der Waals surface area (Å²) in [7, 11) is 0. The van der Waals surface area contributed by atoms with Crippen molar-refractivity contribution in [3.05, 3.63) is 21.4 Å². The van der Waals surface area contributed by atoms with Crippen LogP contribution in [0.25, 0.3) is 0 Å². The molecule has 1 N–H and O–H groups in total. The lowest BCUT2D eigenvalue weighted by molar-refractivity contribution is 0.0697. The van der Waals surface area contributed by atoms with Gasteiger partial charge in [0, 0.05) is 24.0 Å². The standard InChI is InChI=1S/C14H22N2OS.ClH/c1-4-7-16(12-5-6-15-9-12)14(17)13-8-10(2)11(3)18-13;/h8,12,15H,4-7,9H2,1-3H3;1H. The van der Waals surface area contributed by atoms with Crippen LogP contribution in [-0.4, -0.2) is 36.5 Å². The average molecular weight is 303 g/mol. The van der Waals surface area contributed by atoms with E-state index in [0.29, 0.717) is 6.04 Å². The van der Waals surface area contributed by atoms with Gasteiger partial charge in [-0.15, -0.1) is 23.7 Å². The minimum absolute atomic E-state index is 0. The summed E-state index contributed by atoms with van der Waals surface area (Å²) in [5, 5.41) is 3.34. The lowest BCUT2D eigenvalue weighted by Crippen LogP contribution is -2.41. The molecular weight excluding hydrogens is 280 g/mol. The first-order chi connectivity index (χ1) is 8.63. The molecule has 19 heavy (non-hydrogen) atoms. The van der Waals surface area contributed by atoms with E-state index in [4.69, 9.17) is 0 Å². The number of nitrogens with one attached hydrogen (secondary N) is 1. The number of halogens is 1. The summed E-state index contributed by atoms with van der Waals surface area (Å²) in [6.45, 7) is 9.12. The normalized spacial score (nSPS) is 18.2. The van der Waals surface area contributed by atoms with Crippen LogP contribution in [0, 0.1) is 13.8 Å². The molecule has 0 aromatic carbocycles. The van der Waals surface area contributed by atoms with Gasteiger partial charge in [-0.3, -0.25) is 4.79 Å². The number of aryl methyl sites for hydroxylation is 2. The minimum atomic E-state index is 0. The third-order valence-corrected chi connectivity index (χ3v) is 4.72. The maximum absolute atomic E-state index is 12.6. The molecule has 0 aliphatic carbocycles. The Labute approximate surface area is 125 Å². The van der Waals surface area contributed by atoms with Crippen molar-refractivity contribution in [2.75, 3.05) is 19.6 Å². The monoisotopic (exact) mass is 302 g/mol. The summed E-state index contributed by atoms with van der Waals surface area (Å²) in [5.41, 5.74) is 1.23. The van der Waals surface area contributed by atoms with Crippen molar-refractivity contribution in [1.82, 2.24) is 10.2 Å². The number of hydrogen-bond acceptors (Lipinski definition) is 3. The van der Waals surface area contributed by atoms with Crippen LogP contribution >= 0.6 is 23.7 Å². The summed E-state index contributed by atoms with van der Waals surface area (Å²) in [5.74, 6) is 0.215. The SMILES string of the molecule is CCCN(C(=O)c1cc(C)c(C)s1)C1CCNC1.Cl. The largest absolute Gasteiger partial charge is 0.334 e. The van der Waals surface area contributed by atoms with Gasteiger partial charge in [-0.2, -0.15) is 0 Å². The number of rotatable bonds is 4. The maximum Gasteiger partial charge on any atom is 0.264 e.